The zero-order valence-corrected chi connectivity index (χ0v) is 9.71. The summed E-state index contributed by atoms with van der Waals surface area (Å²) in [6.07, 6.45) is 0. The smallest absolute Gasteiger partial charge is 0.225 e. The van der Waals surface area contributed by atoms with Crippen LogP contribution in [0.3, 0.4) is 0 Å². The second-order valence-corrected chi connectivity index (χ2v) is 3.60. The molecule has 0 aliphatic rings. The summed E-state index contributed by atoms with van der Waals surface area (Å²) in [5, 5.41) is 0. The number of hydrogen-bond acceptors (Lipinski definition) is 7. The lowest BCUT2D eigenvalue weighted by atomic mass is 10.2. The molecule has 94 valence electrons. The zero-order chi connectivity index (χ0) is 13.0. The molecule has 0 aliphatic carbocycles. The average molecular weight is 246 g/mol. The van der Waals surface area contributed by atoms with Crippen LogP contribution in [0.1, 0.15) is 11.4 Å². The SMILES string of the molecule is NCc1ccc(OCc2nc(N)nc(N)n2)cc1. The molecule has 7 nitrogen and oxygen atoms in total. The van der Waals surface area contributed by atoms with Gasteiger partial charge in [0.1, 0.15) is 12.4 Å². The van der Waals surface area contributed by atoms with Gasteiger partial charge in [-0.1, -0.05) is 12.1 Å². The Labute approximate surface area is 104 Å². The fourth-order valence-corrected chi connectivity index (χ4v) is 1.39. The lowest BCUT2D eigenvalue weighted by Crippen LogP contribution is -2.09. The molecule has 1 heterocycles. The van der Waals surface area contributed by atoms with E-state index in [9.17, 15) is 0 Å². The number of aromatic nitrogens is 3. The Hall–Kier alpha value is -2.41. The lowest BCUT2D eigenvalue weighted by Gasteiger charge is -2.06. The van der Waals surface area contributed by atoms with E-state index in [4.69, 9.17) is 21.9 Å². The minimum atomic E-state index is 0.0829. The number of benzene rings is 1. The average Bonchev–Trinajstić information content (AvgIpc) is 2.36. The Balaban J connectivity index is 2.01. The largest absolute Gasteiger partial charge is 0.486 e. The van der Waals surface area contributed by atoms with Crippen LogP contribution in [-0.4, -0.2) is 15.0 Å². The molecule has 6 N–H and O–H groups in total. The molecule has 0 radical (unpaired) electrons. The van der Waals surface area contributed by atoms with E-state index in [0.717, 1.165) is 5.56 Å². The van der Waals surface area contributed by atoms with E-state index in [0.29, 0.717) is 18.1 Å². The van der Waals surface area contributed by atoms with E-state index in [1.54, 1.807) is 0 Å². The van der Waals surface area contributed by atoms with Crippen LogP contribution in [0.5, 0.6) is 5.75 Å². The van der Waals surface area contributed by atoms with E-state index < -0.39 is 0 Å². The first-order valence-corrected chi connectivity index (χ1v) is 5.35. The first kappa shape index (κ1) is 12.1. The molecule has 1 aromatic heterocycles. The molecule has 0 saturated heterocycles. The van der Waals surface area contributed by atoms with Gasteiger partial charge in [-0.3, -0.25) is 0 Å². The van der Waals surface area contributed by atoms with E-state index in [2.05, 4.69) is 15.0 Å². The number of hydrogen-bond donors (Lipinski definition) is 3. The quantitative estimate of drug-likeness (QED) is 0.696. The highest BCUT2D eigenvalue weighted by atomic mass is 16.5. The molecule has 1 aromatic carbocycles. The Morgan fingerprint density at radius 1 is 0.944 bits per heavy atom. The molecule has 0 aliphatic heterocycles. The number of nitrogens with zero attached hydrogens (tertiary/aromatic N) is 3. The van der Waals surface area contributed by atoms with E-state index in [1.807, 2.05) is 24.3 Å². The maximum Gasteiger partial charge on any atom is 0.225 e. The number of ether oxygens (including phenoxy) is 1. The summed E-state index contributed by atoms with van der Waals surface area (Å²) in [6.45, 7) is 0.680. The minimum Gasteiger partial charge on any atom is -0.486 e. The molecule has 0 bridgehead atoms. The normalized spacial score (nSPS) is 10.3. The van der Waals surface area contributed by atoms with Crippen LogP contribution in [0, 0.1) is 0 Å². The number of anilines is 2. The van der Waals surface area contributed by atoms with Gasteiger partial charge in [-0.25, -0.2) is 0 Å². The fourth-order valence-electron chi connectivity index (χ4n) is 1.39. The third-order valence-corrected chi connectivity index (χ3v) is 2.24. The van der Waals surface area contributed by atoms with Crippen LogP contribution >= 0.6 is 0 Å². The van der Waals surface area contributed by atoms with Crippen LogP contribution in [0.2, 0.25) is 0 Å². The summed E-state index contributed by atoms with van der Waals surface area (Å²) in [4.78, 5) is 11.5. The highest BCUT2D eigenvalue weighted by Gasteiger charge is 2.03. The van der Waals surface area contributed by atoms with Gasteiger partial charge in [0.2, 0.25) is 11.9 Å². The second kappa shape index (κ2) is 5.28. The molecule has 2 rings (SSSR count). The summed E-state index contributed by atoms with van der Waals surface area (Å²) in [5.74, 6) is 1.26. The second-order valence-electron chi connectivity index (χ2n) is 3.60. The highest BCUT2D eigenvalue weighted by Crippen LogP contribution is 2.13. The van der Waals surface area contributed by atoms with Crippen molar-refractivity contribution < 1.29 is 4.74 Å². The van der Waals surface area contributed by atoms with E-state index in [1.165, 1.54) is 0 Å². The lowest BCUT2D eigenvalue weighted by molar-refractivity contribution is 0.296. The number of nitrogen functional groups attached to an aromatic ring is 2. The van der Waals surface area contributed by atoms with Gasteiger partial charge in [0, 0.05) is 6.54 Å². The van der Waals surface area contributed by atoms with E-state index >= 15 is 0 Å². The van der Waals surface area contributed by atoms with Gasteiger partial charge in [0.25, 0.3) is 0 Å². The van der Waals surface area contributed by atoms with Gasteiger partial charge in [0.05, 0.1) is 0 Å². The van der Waals surface area contributed by atoms with Crippen molar-refractivity contribution in [1.29, 1.82) is 0 Å². The van der Waals surface area contributed by atoms with Gasteiger partial charge < -0.3 is 21.9 Å². The summed E-state index contributed by atoms with van der Waals surface area (Å²) in [5.41, 5.74) is 17.4. The topological polar surface area (TPSA) is 126 Å². The number of rotatable bonds is 4. The molecular formula is C11H14N6O. The standard InChI is InChI=1S/C11H14N6O/c12-5-7-1-3-8(4-2-7)18-6-9-15-10(13)17-11(14)16-9/h1-4H,5-6,12H2,(H4,13,14,15,16,17). The van der Waals surface area contributed by atoms with Crippen LogP contribution in [0.25, 0.3) is 0 Å². The maximum absolute atomic E-state index is 5.50. The molecule has 18 heavy (non-hydrogen) atoms. The van der Waals surface area contributed by atoms with Crippen molar-refractivity contribution in [3.63, 3.8) is 0 Å². The van der Waals surface area contributed by atoms with Crippen LogP contribution in [0.15, 0.2) is 24.3 Å². The summed E-state index contributed by atoms with van der Waals surface area (Å²) < 4.78 is 5.50. The van der Waals surface area contributed by atoms with Gasteiger partial charge in [0.15, 0.2) is 5.82 Å². The molecule has 7 heteroatoms. The molecule has 0 atom stereocenters. The predicted octanol–water partition coefficient (Wildman–Crippen LogP) is 0.0737. The van der Waals surface area contributed by atoms with Crippen molar-refractivity contribution in [3.8, 4) is 5.75 Å². The van der Waals surface area contributed by atoms with Crippen LogP contribution in [0.4, 0.5) is 11.9 Å². The summed E-state index contributed by atoms with van der Waals surface area (Å²) in [6, 6.07) is 7.45. The van der Waals surface area contributed by atoms with Gasteiger partial charge in [-0.2, -0.15) is 15.0 Å². The summed E-state index contributed by atoms with van der Waals surface area (Å²) in [7, 11) is 0. The van der Waals surface area contributed by atoms with Gasteiger partial charge in [-0.05, 0) is 17.7 Å². The van der Waals surface area contributed by atoms with Gasteiger partial charge >= 0.3 is 0 Å². The first-order valence-electron chi connectivity index (χ1n) is 5.35. The third-order valence-electron chi connectivity index (χ3n) is 2.24. The molecule has 2 aromatic rings. The van der Waals surface area contributed by atoms with Crippen molar-refractivity contribution >= 4 is 11.9 Å². The fraction of sp³-hybridized carbons (Fsp3) is 0.182. The Morgan fingerprint density at radius 2 is 1.56 bits per heavy atom. The van der Waals surface area contributed by atoms with Crippen molar-refractivity contribution in [3.05, 3.63) is 35.7 Å². The number of nitrogens with two attached hydrogens (primary N) is 3. The van der Waals surface area contributed by atoms with Crippen LogP contribution < -0.4 is 21.9 Å². The Bertz CT molecular complexity index is 507. The Kier molecular flexibility index (Phi) is 3.54. The van der Waals surface area contributed by atoms with Crippen molar-refractivity contribution in [1.82, 2.24) is 15.0 Å². The third kappa shape index (κ3) is 3.05. The van der Waals surface area contributed by atoms with Crippen molar-refractivity contribution in [2.24, 2.45) is 5.73 Å². The zero-order valence-electron chi connectivity index (χ0n) is 9.71. The van der Waals surface area contributed by atoms with Gasteiger partial charge in [-0.15, -0.1) is 0 Å². The first-order chi connectivity index (χ1) is 8.67. The molecule has 0 fully saturated rings. The maximum atomic E-state index is 5.50. The molecule has 0 spiro atoms. The molecule has 0 unspecified atom stereocenters. The molecular weight excluding hydrogens is 232 g/mol. The van der Waals surface area contributed by atoms with E-state index in [-0.39, 0.29) is 18.5 Å². The molecule has 0 amide bonds. The highest BCUT2D eigenvalue weighted by molar-refractivity contribution is 5.28. The van der Waals surface area contributed by atoms with Crippen molar-refractivity contribution in [2.45, 2.75) is 13.2 Å². The van der Waals surface area contributed by atoms with Crippen molar-refractivity contribution in [2.75, 3.05) is 11.5 Å². The Morgan fingerprint density at radius 3 is 2.11 bits per heavy atom. The molecule has 0 saturated carbocycles. The minimum absolute atomic E-state index is 0.0829. The van der Waals surface area contributed by atoms with Crippen LogP contribution in [-0.2, 0) is 13.2 Å². The summed E-state index contributed by atoms with van der Waals surface area (Å²) >= 11 is 0. The monoisotopic (exact) mass is 246 g/mol. The predicted molar refractivity (Wildman–Crippen MR) is 67.3 cm³/mol.